The summed E-state index contributed by atoms with van der Waals surface area (Å²) in [4.78, 5) is 32.3. The van der Waals surface area contributed by atoms with Gasteiger partial charge >= 0.3 is 5.97 Å². The molecule has 202 valence electrons. The molecule has 1 N–H and O–H groups in total. The number of aromatic nitrogens is 2. The van der Waals surface area contributed by atoms with E-state index in [1.165, 1.54) is 55.8 Å². The van der Waals surface area contributed by atoms with Crippen molar-refractivity contribution < 1.29 is 14.4 Å². The summed E-state index contributed by atoms with van der Waals surface area (Å²) in [6.45, 7) is 3.06. The third-order valence-electron chi connectivity index (χ3n) is 12.3. The summed E-state index contributed by atoms with van der Waals surface area (Å²) in [6.07, 6.45) is 14.1. The molecule has 2 saturated carbocycles. The highest BCUT2D eigenvalue weighted by atomic mass is 16.4. The zero-order valence-electron chi connectivity index (χ0n) is 22.5. The molecule has 6 aliphatic rings. The van der Waals surface area contributed by atoms with Gasteiger partial charge in [0, 0.05) is 38.3 Å². The Morgan fingerprint density at radius 2 is 1.66 bits per heavy atom. The standard InChI is InChI=1S/C31H40N4O3/c1-18-27-16-21(15-23-17-28(18)35(23,27)22-13-19-6-2-3-7-20(12-19)14-22)34-25-9-5-4-8-24(25)32-29(30(34)36)33-11-10-26(33)31(37)38/h4-5,8-9,18-23,26-28H,2-3,6-7,10-17H2,1H3/p+1. The van der Waals surface area contributed by atoms with Crippen molar-refractivity contribution in [3.8, 4) is 0 Å². The molecule has 1 aromatic carbocycles. The normalized spacial score (nSPS) is 43.3. The van der Waals surface area contributed by atoms with Crippen LogP contribution in [-0.4, -0.2) is 61.9 Å². The Labute approximate surface area is 224 Å². The minimum atomic E-state index is -0.867. The lowest BCUT2D eigenvalue weighted by Gasteiger charge is -2.78. The van der Waals surface area contributed by atoms with Gasteiger partial charge in [-0.2, -0.15) is 0 Å². The van der Waals surface area contributed by atoms with E-state index in [0.717, 1.165) is 53.7 Å². The van der Waals surface area contributed by atoms with Crippen LogP contribution in [0.25, 0.3) is 11.0 Å². The molecule has 7 nitrogen and oxygen atoms in total. The molecule has 4 aliphatic heterocycles. The molecule has 9 unspecified atom stereocenters. The van der Waals surface area contributed by atoms with Crippen molar-refractivity contribution in [2.24, 2.45) is 17.8 Å². The first-order valence-electron chi connectivity index (χ1n) is 15.3. The fraction of sp³-hybridized carbons (Fsp3) is 0.710. The number of carboxylic acid groups (broad SMARTS) is 1. The Morgan fingerprint density at radius 1 is 0.947 bits per heavy atom. The number of quaternary nitrogens is 1. The summed E-state index contributed by atoms with van der Waals surface area (Å²) in [5.74, 6) is 2.07. The number of benzene rings is 1. The van der Waals surface area contributed by atoms with Crippen LogP contribution < -0.4 is 10.5 Å². The maximum Gasteiger partial charge on any atom is 0.326 e. The molecule has 2 aliphatic carbocycles. The molecular formula is C31H41N4O3+. The molecule has 0 radical (unpaired) electrons. The van der Waals surface area contributed by atoms with Gasteiger partial charge in [0.15, 0.2) is 5.82 Å². The van der Waals surface area contributed by atoms with E-state index in [1.54, 1.807) is 4.90 Å². The fourth-order valence-electron chi connectivity index (χ4n) is 10.7. The summed E-state index contributed by atoms with van der Waals surface area (Å²) in [5.41, 5.74) is 1.62. The predicted octanol–water partition coefficient (Wildman–Crippen LogP) is 4.73. The third kappa shape index (κ3) is 3.03. The van der Waals surface area contributed by atoms with Crippen LogP contribution in [0.2, 0.25) is 0 Å². The van der Waals surface area contributed by atoms with E-state index in [9.17, 15) is 14.7 Å². The average molecular weight is 518 g/mol. The summed E-state index contributed by atoms with van der Waals surface area (Å²) < 4.78 is 3.43. The molecule has 6 fully saturated rings. The molecular weight excluding hydrogens is 476 g/mol. The number of carbonyl (C=O) groups is 1. The lowest BCUT2D eigenvalue weighted by Crippen LogP contribution is -2.91. The number of hydrogen-bond donors (Lipinski definition) is 1. The minimum Gasteiger partial charge on any atom is -0.480 e. The van der Waals surface area contributed by atoms with Crippen LogP contribution in [0.1, 0.15) is 83.6 Å². The van der Waals surface area contributed by atoms with Gasteiger partial charge in [-0.1, -0.05) is 44.7 Å². The number of fused-ring (bicyclic) bond motifs is 3. The van der Waals surface area contributed by atoms with E-state index >= 15 is 0 Å². The van der Waals surface area contributed by atoms with E-state index in [-0.39, 0.29) is 11.6 Å². The van der Waals surface area contributed by atoms with Crippen molar-refractivity contribution in [1.82, 2.24) is 9.55 Å². The lowest BCUT2D eigenvalue weighted by molar-refractivity contribution is -1.11. The zero-order valence-corrected chi connectivity index (χ0v) is 22.5. The number of para-hydroxylation sites is 2. The molecule has 0 spiro atoms. The second-order valence-electron chi connectivity index (χ2n) is 13.7. The molecule has 5 heterocycles. The molecule has 8 rings (SSSR count). The van der Waals surface area contributed by atoms with Crippen LogP contribution in [0.3, 0.4) is 0 Å². The number of nitrogens with zero attached hydrogens (tertiary/aromatic N) is 4. The summed E-state index contributed by atoms with van der Waals surface area (Å²) >= 11 is 0. The average Bonchev–Trinajstić information content (AvgIpc) is 3.02. The SMILES string of the molecule is CC1C2CC(n3c(=O)c(N4CCC4C(=O)O)nc4ccccc43)CC3CC1[N+]32C1CC2CCCCC(C2)C1. The van der Waals surface area contributed by atoms with Crippen LogP contribution in [0.15, 0.2) is 29.1 Å². The lowest BCUT2D eigenvalue weighted by atomic mass is 9.55. The Bertz CT molecular complexity index is 1340. The van der Waals surface area contributed by atoms with Crippen LogP contribution in [0.4, 0.5) is 5.82 Å². The maximum absolute atomic E-state index is 14.1. The Balaban J connectivity index is 1.16. The molecule has 7 heteroatoms. The van der Waals surface area contributed by atoms with Gasteiger partial charge in [0.25, 0.3) is 5.56 Å². The van der Waals surface area contributed by atoms with Gasteiger partial charge in [0.2, 0.25) is 0 Å². The van der Waals surface area contributed by atoms with E-state index < -0.39 is 12.0 Å². The number of aliphatic carboxylic acids is 1. The molecule has 1 aromatic heterocycles. The highest BCUT2D eigenvalue weighted by molar-refractivity contribution is 5.81. The van der Waals surface area contributed by atoms with Crippen LogP contribution in [0.5, 0.6) is 0 Å². The molecule has 4 saturated heterocycles. The van der Waals surface area contributed by atoms with Crippen LogP contribution >= 0.6 is 0 Å². The summed E-state index contributed by atoms with van der Waals surface area (Å²) in [6, 6.07) is 10.5. The van der Waals surface area contributed by atoms with E-state index in [4.69, 9.17) is 4.98 Å². The van der Waals surface area contributed by atoms with Crippen molar-refractivity contribution in [2.75, 3.05) is 11.4 Å². The van der Waals surface area contributed by atoms with Crippen molar-refractivity contribution in [1.29, 1.82) is 0 Å². The van der Waals surface area contributed by atoms with Gasteiger partial charge < -0.3 is 19.1 Å². The number of rotatable bonds is 4. The van der Waals surface area contributed by atoms with E-state index in [1.807, 2.05) is 28.8 Å². The third-order valence-corrected chi connectivity index (χ3v) is 12.3. The quantitative estimate of drug-likeness (QED) is 0.594. The molecule has 2 bridgehead atoms. The van der Waals surface area contributed by atoms with Gasteiger partial charge in [-0.25, -0.2) is 9.78 Å². The Morgan fingerprint density at radius 3 is 2.37 bits per heavy atom. The van der Waals surface area contributed by atoms with Crippen molar-refractivity contribution >= 4 is 22.8 Å². The smallest absolute Gasteiger partial charge is 0.326 e. The van der Waals surface area contributed by atoms with Gasteiger partial charge in [-0.15, -0.1) is 0 Å². The van der Waals surface area contributed by atoms with Crippen molar-refractivity contribution in [3.05, 3.63) is 34.6 Å². The maximum atomic E-state index is 14.1. The van der Waals surface area contributed by atoms with Gasteiger partial charge in [-0.05, 0) is 36.8 Å². The Kier molecular flexibility index (Phi) is 5.12. The van der Waals surface area contributed by atoms with Crippen molar-refractivity contribution in [3.63, 3.8) is 0 Å². The predicted molar refractivity (Wildman–Crippen MR) is 146 cm³/mol. The monoisotopic (exact) mass is 517 g/mol. The number of anilines is 1. The van der Waals surface area contributed by atoms with E-state index in [2.05, 4.69) is 6.92 Å². The van der Waals surface area contributed by atoms with Gasteiger partial charge in [-0.3, -0.25) is 4.79 Å². The molecule has 2 aromatic rings. The fourth-order valence-corrected chi connectivity index (χ4v) is 10.7. The first kappa shape index (κ1) is 23.5. The Hall–Kier alpha value is -2.41. The molecule has 9 atom stereocenters. The molecule has 38 heavy (non-hydrogen) atoms. The van der Waals surface area contributed by atoms with Crippen molar-refractivity contribution in [2.45, 2.75) is 114 Å². The highest BCUT2D eigenvalue weighted by Gasteiger charge is 2.76. The second kappa shape index (κ2) is 8.30. The first-order valence-corrected chi connectivity index (χ1v) is 15.3. The summed E-state index contributed by atoms with van der Waals surface area (Å²) in [5, 5.41) is 9.68. The number of carboxylic acids is 1. The zero-order chi connectivity index (χ0) is 25.8. The summed E-state index contributed by atoms with van der Waals surface area (Å²) in [7, 11) is 0. The number of hydrogen-bond acceptors (Lipinski definition) is 4. The van der Waals surface area contributed by atoms with E-state index in [0.29, 0.717) is 30.9 Å². The van der Waals surface area contributed by atoms with Gasteiger partial charge in [0.05, 0.1) is 41.5 Å². The number of piperidine rings is 2. The van der Waals surface area contributed by atoms with Gasteiger partial charge in [0.1, 0.15) is 12.1 Å². The topological polar surface area (TPSA) is 75.4 Å². The largest absolute Gasteiger partial charge is 0.480 e. The van der Waals surface area contributed by atoms with Crippen LogP contribution in [-0.2, 0) is 4.79 Å². The molecule has 0 amide bonds. The second-order valence-corrected chi connectivity index (χ2v) is 13.7. The minimum absolute atomic E-state index is 0.0915. The first-order chi connectivity index (χ1) is 18.5. The highest BCUT2D eigenvalue weighted by Crippen LogP contribution is 2.65. The van der Waals surface area contributed by atoms with Crippen LogP contribution in [0, 0.1) is 17.8 Å².